The van der Waals surface area contributed by atoms with Crippen LogP contribution in [0.5, 0.6) is 0 Å². The number of nitro groups is 1. The first kappa shape index (κ1) is 15.9. The van der Waals surface area contributed by atoms with E-state index in [1.54, 1.807) is 0 Å². The molecule has 2 fully saturated rings. The van der Waals surface area contributed by atoms with Gasteiger partial charge in [0, 0.05) is 35.7 Å². The molecule has 0 saturated carbocycles. The van der Waals surface area contributed by atoms with Gasteiger partial charge in [0.1, 0.15) is 0 Å². The van der Waals surface area contributed by atoms with Gasteiger partial charge in [0.2, 0.25) is 10.0 Å². The number of hydrogen-bond acceptors (Lipinski definition) is 5. The molecule has 1 N–H and O–H groups in total. The number of nitro benzene ring substituents is 1. The number of nitrogens with one attached hydrogen (secondary N) is 1. The summed E-state index contributed by atoms with van der Waals surface area (Å²) in [4.78, 5) is 10.3. The Bertz CT molecular complexity index is 709. The van der Waals surface area contributed by atoms with E-state index >= 15 is 0 Å². The van der Waals surface area contributed by atoms with Gasteiger partial charge in [-0.3, -0.25) is 10.1 Å². The molecule has 22 heavy (non-hydrogen) atoms. The highest BCUT2D eigenvalue weighted by atomic mass is 79.9. The predicted molar refractivity (Wildman–Crippen MR) is 84.1 cm³/mol. The molecule has 2 unspecified atom stereocenters. The van der Waals surface area contributed by atoms with Crippen LogP contribution in [0, 0.1) is 10.1 Å². The molecule has 0 amide bonds. The highest BCUT2D eigenvalue weighted by Gasteiger charge is 2.37. The maximum Gasteiger partial charge on any atom is 0.289 e. The van der Waals surface area contributed by atoms with E-state index in [1.165, 1.54) is 22.5 Å². The summed E-state index contributed by atoms with van der Waals surface area (Å²) in [7, 11) is -3.88. The average Bonchev–Trinajstić information content (AvgIpc) is 2.77. The lowest BCUT2D eigenvalue weighted by Gasteiger charge is -2.23. The molecule has 0 aromatic heterocycles. The molecule has 3 rings (SSSR count). The van der Waals surface area contributed by atoms with Crippen molar-refractivity contribution in [1.82, 2.24) is 9.62 Å². The van der Waals surface area contributed by atoms with Crippen molar-refractivity contribution < 1.29 is 13.3 Å². The molecular formula is C13H16BrN3O4S. The van der Waals surface area contributed by atoms with E-state index in [9.17, 15) is 18.5 Å². The van der Waals surface area contributed by atoms with Crippen LogP contribution < -0.4 is 5.32 Å². The van der Waals surface area contributed by atoms with E-state index in [0.29, 0.717) is 23.6 Å². The first-order chi connectivity index (χ1) is 10.4. The fourth-order valence-corrected chi connectivity index (χ4v) is 5.31. The summed E-state index contributed by atoms with van der Waals surface area (Å²) in [5.74, 6) is 0. The first-order valence-electron chi connectivity index (χ1n) is 7.08. The summed E-state index contributed by atoms with van der Waals surface area (Å²) in [5.41, 5.74) is -0.384. The summed E-state index contributed by atoms with van der Waals surface area (Å²) in [6.07, 6.45) is 2.74. The monoisotopic (exact) mass is 389 g/mol. The molecule has 2 saturated heterocycles. The second-order valence-corrected chi connectivity index (χ2v) is 8.48. The van der Waals surface area contributed by atoms with E-state index in [-0.39, 0.29) is 16.6 Å². The van der Waals surface area contributed by atoms with Gasteiger partial charge in [0.05, 0.1) is 4.92 Å². The lowest BCUT2D eigenvalue weighted by molar-refractivity contribution is -0.387. The third kappa shape index (κ3) is 2.90. The van der Waals surface area contributed by atoms with Crippen molar-refractivity contribution in [3.63, 3.8) is 0 Å². The van der Waals surface area contributed by atoms with Gasteiger partial charge < -0.3 is 5.32 Å². The van der Waals surface area contributed by atoms with Crippen LogP contribution in [0.3, 0.4) is 0 Å². The fourth-order valence-electron chi connectivity index (χ4n) is 3.11. The SMILES string of the molecule is O=[N+]([O-])c1ccc(Br)cc1S(=O)(=O)N1CCC2CCC(C1)N2. The lowest BCUT2D eigenvalue weighted by atomic mass is 10.1. The zero-order chi connectivity index (χ0) is 15.9. The van der Waals surface area contributed by atoms with Crippen LogP contribution in [0.1, 0.15) is 19.3 Å². The topological polar surface area (TPSA) is 92.5 Å². The first-order valence-corrected chi connectivity index (χ1v) is 9.31. The maximum absolute atomic E-state index is 12.9. The number of hydrogen-bond donors (Lipinski definition) is 1. The third-order valence-electron chi connectivity index (χ3n) is 4.22. The molecule has 2 aliphatic heterocycles. The van der Waals surface area contributed by atoms with Crippen LogP contribution in [0.2, 0.25) is 0 Å². The Hall–Kier alpha value is -1.03. The molecule has 0 spiro atoms. The van der Waals surface area contributed by atoms with Crippen LogP contribution in [0.15, 0.2) is 27.6 Å². The molecule has 2 aliphatic rings. The van der Waals surface area contributed by atoms with Crippen LogP contribution in [0.25, 0.3) is 0 Å². The summed E-state index contributed by atoms with van der Waals surface area (Å²) in [6, 6.07) is 4.49. The van der Waals surface area contributed by atoms with Gasteiger partial charge >= 0.3 is 0 Å². The number of rotatable bonds is 3. The van der Waals surface area contributed by atoms with Crippen LogP contribution >= 0.6 is 15.9 Å². The highest BCUT2D eigenvalue weighted by Crippen LogP contribution is 2.31. The van der Waals surface area contributed by atoms with Crippen LogP contribution in [0.4, 0.5) is 5.69 Å². The molecule has 0 aliphatic carbocycles. The zero-order valence-corrected chi connectivity index (χ0v) is 14.1. The van der Waals surface area contributed by atoms with Crippen molar-refractivity contribution >= 4 is 31.6 Å². The number of halogens is 1. The number of sulfonamides is 1. The van der Waals surface area contributed by atoms with Crippen molar-refractivity contribution in [2.75, 3.05) is 13.1 Å². The minimum absolute atomic E-state index is 0.133. The molecule has 2 atom stereocenters. The summed E-state index contributed by atoms with van der Waals surface area (Å²) >= 11 is 3.19. The van der Waals surface area contributed by atoms with Gasteiger partial charge in [0.15, 0.2) is 4.90 Å². The molecule has 0 radical (unpaired) electrons. The second kappa shape index (κ2) is 5.88. The van der Waals surface area contributed by atoms with Gasteiger partial charge in [-0.15, -0.1) is 0 Å². The van der Waals surface area contributed by atoms with E-state index in [2.05, 4.69) is 21.2 Å². The Morgan fingerprint density at radius 2 is 2.00 bits per heavy atom. The molecule has 1 aromatic carbocycles. The van der Waals surface area contributed by atoms with Crippen molar-refractivity contribution in [3.05, 3.63) is 32.8 Å². The van der Waals surface area contributed by atoms with E-state index in [0.717, 1.165) is 19.3 Å². The molecular weight excluding hydrogens is 374 g/mol. The number of nitrogens with zero attached hydrogens (tertiary/aromatic N) is 2. The molecule has 9 heteroatoms. The van der Waals surface area contributed by atoms with Gasteiger partial charge in [-0.05, 0) is 31.4 Å². The van der Waals surface area contributed by atoms with Gasteiger partial charge in [0.25, 0.3) is 5.69 Å². The standard InChI is InChI=1S/C13H16BrN3O4S/c14-9-1-4-12(17(18)19)13(7-9)22(20,21)16-6-5-10-2-3-11(8-16)15-10/h1,4,7,10-11,15H,2-3,5-6,8H2. The maximum atomic E-state index is 12.9. The minimum Gasteiger partial charge on any atom is -0.310 e. The van der Waals surface area contributed by atoms with Crippen molar-refractivity contribution in [1.29, 1.82) is 0 Å². The Morgan fingerprint density at radius 3 is 2.73 bits per heavy atom. The summed E-state index contributed by atoms with van der Waals surface area (Å²) in [6.45, 7) is 0.753. The third-order valence-corrected chi connectivity index (χ3v) is 6.61. The second-order valence-electron chi connectivity index (χ2n) is 5.66. The predicted octanol–water partition coefficient (Wildman–Crippen LogP) is 1.87. The lowest BCUT2D eigenvalue weighted by Crippen LogP contribution is -2.39. The summed E-state index contributed by atoms with van der Waals surface area (Å²) in [5, 5.41) is 14.6. The highest BCUT2D eigenvalue weighted by molar-refractivity contribution is 9.10. The van der Waals surface area contributed by atoms with E-state index in [1.807, 2.05) is 0 Å². The van der Waals surface area contributed by atoms with E-state index in [4.69, 9.17) is 0 Å². The van der Waals surface area contributed by atoms with Crippen molar-refractivity contribution in [2.24, 2.45) is 0 Å². The average molecular weight is 390 g/mol. The zero-order valence-electron chi connectivity index (χ0n) is 11.7. The van der Waals surface area contributed by atoms with Crippen molar-refractivity contribution in [2.45, 2.75) is 36.2 Å². The van der Waals surface area contributed by atoms with Crippen LogP contribution in [-0.4, -0.2) is 42.8 Å². The summed E-state index contributed by atoms with van der Waals surface area (Å²) < 4.78 is 27.6. The van der Waals surface area contributed by atoms with E-state index < -0.39 is 14.9 Å². The molecule has 2 heterocycles. The van der Waals surface area contributed by atoms with Gasteiger partial charge in [-0.2, -0.15) is 4.31 Å². The Balaban J connectivity index is 1.99. The fraction of sp³-hybridized carbons (Fsp3) is 0.538. The minimum atomic E-state index is -3.88. The normalized spacial score (nSPS) is 25.9. The van der Waals surface area contributed by atoms with Crippen LogP contribution in [-0.2, 0) is 10.0 Å². The number of fused-ring (bicyclic) bond motifs is 2. The molecule has 7 nitrogen and oxygen atoms in total. The molecule has 120 valence electrons. The largest absolute Gasteiger partial charge is 0.310 e. The molecule has 2 bridgehead atoms. The van der Waals surface area contributed by atoms with Gasteiger partial charge in [-0.25, -0.2) is 8.42 Å². The quantitative estimate of drug-likeness (QED) is 0.629. The smallest absolute Gasteiger partial charge is 0.289 e. The Kier molecular flexibility index (Phi) is 4.23. The number of benzene rings is 1. The van der Waals surface area contributed by atoms with Gasteiger partial charge in [-0.1, -0.05) is 15.9 Å². The Morgan fingerprint density at radius 1 is 1.27 bits per heavy atom. The van der Waals surface area contributed by atoms with Crippen molar-refractivity contribution in [3.8, 4) is 0 Å². The molecule has 1 aromatic rings. The Labute approximate surface area is 137 Å².